The summed E-state index contributed by atoms with van der Waals surface area (Å²) in [6, 6.07) is 5.78. The highest BCUT2D eigenvalue weighted by Gasteiger charge is 2.13. The van der Waals surface area contributed by atoms with Crippen LogP contribution in [-0.2, 0) is 0 Å². The summed E-state index contributed by atoms with van der Waals surface area (Å²) in [7, 11) is 0. The van der Waals surface area contributed by atoms with E-state index in [4.69, 9.17) is 10.3 Å². The second-order valence-electron chi connectivity index (χ2n) is 4.06. The number of nitrogen functional groups attached to an aromatic ring is 1. The fourth-order valence-electron chi connectivity index (χ4n) is 1.84. The second-order valence-corrected chi connectivity index (χ2v) is 4.96. The van der Waals surface area contributed by atoms with E-state index in [0.717, 1.165) is 21.8 Å². The van der Waals surface area contributed by atoms with Gasteiger partial charge in [0.15, 0.2) is 0 Å². The van der Waals surface area contributed by atoms with Crippen LogP contribution in [0, 0.1) is 0 Å². The van der Waals surface area contributed by atoms with Crippen LogP contribution in [0.5, 0.6) is 0 Å². The molecule has 0 saturated heterocycles. The molecule has 1 atom stereocenters. The van der Waals surface area contributed by atoms with Gasteiger partial charge in [-0.05, 0) is 30.5 Å². The van der Waals surface area contributed by atoms with Crippen LogP contribution in [0.25, 0.3) is 10.2 Å². The fraction of sp³-hybridized carbons (Fsp3) is 0.167. The van der Waals surface area contributed by atoms with Crippen molar-refractivity contribution in [3.05, 3.63) is 35.6 Å². The Balaban J connectivity index is 1.97. The van der Waals surface area contributed by atoms with E-state index in [2.05, 4.69) is 20.7 Å². The molecule has 98 valence electrons. The van der Waals surface area contributed by atoms with E-state index in [1.165, 1.54) is 0 Å². The molecule has 1 unspecified atom stereocenters. The van der Waals surface area contributed by atoms with Crippen LogP contribution in [-0.4, -0.2) is 9.97 Å². The van der Waals surface area contributed by atoms with Crippen molar-refractivity contribution in [1.82, 2.24) is 9.97 Å². The average molecular weight is 275 g/mol. The zero-order chi connectivity index (χ0) is 13.2. The summed E-state index contributed by atoms with van der Waals surface area (Å²) >= 11 is 1.55. The minimum Gasteiger partial charge on any atom is -0.467 e. The molecule has 0 aliphatic carbocycles. The number of anilines is 2. The van der Waals surface area contributed by atoms with Gasteiger partial charge in [0.2, 0.25) is 5.95 Å². The number of hydrogen-bond acceptors (Lipinski definition) is 7. The van der Waals surface area contributed by atoms with Gasteiger partial charge in [-0.3, -0.25) is 5.43 Å². The van der Waals surface area contributed by atoms with E-state index in [9.17, 15) is 0 Å². The molecule has 0 aromatic carbocycles. The van der Waals surface area contributed by atoms with Gasteiger partial charge in [0.25, 0.3) is 0 Å². The van der Waals surface area contributed by atoms with Gasteiger partial charge in [-0.1, -0.05) is 0 Å². The Morgan fingerprint density at radius 3 is 3.00 bits per heavy atom. The smallest absolute Gasteiger partial charge is 0.240 e. The maximum Gasteiger partial charge on any atom is 0.240 e. The third-order valence-corrected chi connectivity index (χ3v) is 3.58. The first-order valence-electron chi connectivity index (χ1n) is 5.79. The predicted octanol–water partition coefficient (Wildman–Crippen LogP) is 2.74. The van der Waals surface area contributed by atoms with Gasteiger partial charge in [0.05, 0.1) is 17.7 Å². The summed E-state index contributed by atoms with van der Waals surface area (Å²) in [5, 5.41) is 6.26. The highest BCUT2D eigenvalue weighted by atomic mass is 32.1. The van der Waals surface area contributed by atoms with Crippen molar-refractivity contribution < 1.29 is 4.42 Å². The number of furan rings is 1. The number of aromatic nitrogens is 2. The molecule has 3 rings (SSSR count). The summed E-state index contributed by atoms with van der Waals surface area (Å²) in [5.41, 5.74) is 2.48. The molecular weight excluding hydrogens is 262 g/mol. The number of nitrogens with one attached hydrogen (secondary N) is 2. The zero-order valence-electron chi connectivity index (χ0n) is 10.3. The van der Waals surface area contributed by atoms with Crippen molar-refractivity contribution in [3.63, 3.8) is 0 Å². The van der Waals surface area contributed by atoms with Gasteiger partial charge in [-0.15, -0.1) is 11.3 Å². The molecular formula is C12H13N5OS. The van der Waals surface area contributed by atoms with Gasteiger partial charge >= 0.3 is 0 Å². The first kappa shape index (κ1) is 11.9. The first-order valence-corrected chi connectivity index (χ1v) is 6.67. The lowest BCUT2D eigenvalue weighted by Gasteiger charge is -2.13. The van der Waals surface area contributed by atoms with E-state index in [-0.39, 0.29) is 6.04 Å². The lowest BCUT2D eigenvalue weighted by molar-refractivity contribution is 0.490. The molecule has 0 radical (unpaired) electrons. The van der Waals surface area contributed by atoms with E-state index in [0.29, 0.717) is 5.95 Å². The number of nitrogens with zero attached hydrogens (tertiary/aromatic N) is 2. The summed E-state index contributed by atoms with van der Waals surface area (Å²) < 4.78 is 5.37. The summed E-state index contributed by atoms with van der Waals surface area (Å²) in [5.74, 6) is 7.37. The van der Waals surface area contributed by atoms with Crippen molar-refractivity contribution in [2.75, 3.05) is 10.7 Å². The molecule has 19 heavy (non-hydrogen) atoms. The van der Waals surface area contributed by atoms with Gasteiger partial charge in [-0.25, -0.2) is 10.8 Å². The number of fused-ring (bicyclic) bond motifs is 1. The lowest BCUT2D eigenvalue weighted by Crippen LogP contribution is -2.13. The molecule has 3 aromatic heterocycles. The van der Waals surface area contributed by atoms with Crippen LogP contribution in [0.4, 0.5) is 11.8 Å². The third-order valence-electron chi connectivity index (χ3n) is 2.78. The van der Waals surface area contributed by atoms with E-state index in [1.54, 1.807) is 17.6 Å². The molecule has 0 aliphatic rings. The quantitative estimate of drug-likeness (QED) is 0.501. The van der Waals surface area contributed by atoms with Crippen LogP contribution in [0.1, 0.15) is 18.7 Å². The van der Waals surface area contributed by atoms with Gasteiger partial charge in [-0.2, -0.15) is 4.98 Å². The maximum atomic E-state index is 5.39. The molecule has 0 amide bonds. The van der Waals surface area contributed by atoms with Gasteiger partial charge in [0.1, 0.15) is 16.4 Å². The van der Waals surface area contributed by atoms with E-state index in [1.807, 2.05) is 30.5 Å². The van der Waals surface area contributed by atoms with E-state index < -0.39 is 0 Å². The number of hydrazine groups is 1. The van der Waals surface area contributed by atoms with Crippen LogP contribution in [0.15, 0.2) is 34.3 Å². The Kier molecular flexibility index (Phi) is 3.06. The second kappa shape index (κ2) is 4.87. The Hall–Kier alpha value is -2.12. The van der Waals surface area contributed by atoms with Gasteiger partial charge < -0.3 is 9.73 Å². The number of rotatable bonds is 4. The molecule has 3 heterocycles. The number of nitrogens with two attached hydrogens (primary N) is 1. The van der Waals surface area contributed by atoms with Crippen LogP contribution in [0.3, 0.4) is 0 Å². The van der Waals surface area contributed by atoms with Crippen molar-refractivity contribution >= 4 is 33.3 Å². The molecule has 0 fully saturated rings. The number of thiophene rings is 1. The minimum atomic E-state index is 0.0126. The number of hydrogen-bond donors (Lipinski definition) is 3. The van der Waals surface area contributed by atoms with Gasteiger partial charge in [0, 0.05) is 0 Å². The molecule has 7 heteroatoms. The van der Waals surface area contributed by atoms with Crippen molar-refractivity contribution in [2.24, 2.45) is 5.84 Å². The summed E-state index contributed by atoms with van der Waals surface area (Å²) in [4.78, 5) is 9.53. The Morgan fingerprint density at radius 1 is 1.37 bits per heavy atom. The summed E-state index contributed by atoms with van der Waals surface area (Å²) in [6.45, 7) is 2.01. The Bertz CT molecular complexity index is 679. The minimum absolute atomic E-state index is 0.0126. The van der Waals surface area contributed by atoms with E-state index >= 15 is 0 Å². The lowest BCUT2D eigenvalue weighted by atomic mass is 10.2. The normalized spacial score (nSPS) is 12.5. The maximum absolute atomic E-state index is 5.39. The fourth-order valence-corrected chi connectivity index (χ4v) is 2.61. The average Bonchev–Trinajstić information content (AvgIpc) is 3.09. The zero-order valence-corrected chi connectivity index (χ0v) is 11.1. The Morgan fingerprint density at radius 2 is 2.26 bits per heavy atom. The molecule has 0 bridgehead atoms. The highest BCUT2D eigenvalue weighted by Crippen LogP contribution is 2.28. The van der Waals surface area contributed by atoms with Crippen molar-refractivity contribution in [1.29, 1.82) is 0 Å². The SMILES string of the molecule is CC(Nc1nc(NN)nc2sccc12)c1ccco1. The molecule has 3 aromatic rings. The molecule has 0 saturated carbocycles. The topological polar surface area (TPSA) is 89.0 Å². The molecule has 0 spiro atoms. The monoisotopic (exact) mass is 275 g/mol. The summed E-state index contributed by atoms with van der Waals surface area (Å²) in [6.07, 6.45) is 1.65. The van der Waals surface area contributed by atoms with Crippen LogP contribution >= 0.6 is 11.3 Å². The first-order chi connectivity index (χ1) is 9.28. The Labute approximate surface area is 113 Å². The van der Waals surface area contributed by atoms with Crippen LogP contribution < -0.4 is 16.6 Å². The predicted molar refractivity (Wildman–Crippen MR) is 76.0 cm³/mol. The molecule has 6 nitrogen and oxygen atoms in total. The van der Waals surface area contributed by atoms with Crippen molar-refractivity contribution in [3.8, 4) is 0 Å². The highest BCUT2D eigenvalue weighted by molar-refractivity contribution is 7.16. The molecule has 4 N–H and O–H groups in total. The standard InChI is InChI=1S/C12H13N5OS/c1-7(9-3-2-5-18-9)14-10-8-4-6-19-11(8)16-12(15-10)17-13/h2-7H,13H2,1H3,(H2,14,15,16,17). The molecule has 0 aliphatic heterocycles. The van der Waals surface area contributed by atoms with Crippen molar-refractivity contribution in [2.45, 2.75) is 13.0 Å². The third kappa shape index (κ3) is 2.25. The van der Waals surface area contributed by atoms with Crippen LogP contribution in [0.2, 0.25) is 0 Å². The largest absolute Gasteiger partial charge is 0.467 e.